The lowest BCUT2D eigenvalue weighted by Gasteiger charge is -2.19. The predicted molar refractivity (Wildman–Crippen MR) is 90.7 cm³/mol. The smallest absolute Gasteiger partial charge is 0.416 e. The first-order chi connectivity index (χ1) is 12.9. The van der Waals surface area contributed by atoms with E-state index >= 15 is 0 Å². The first-order valence-electron chi connectivity index (χ1n) is 8.52. The Hall–Kier alpha value is -2.96. The van der Waals surface area contributed by atoms with Crippen LogP contribution in [0.15, 0.2) is 63.6 Å². The first-order valence-corrected chi connectivity index (χ1v) is 8.52. The lowest BCUT2D eigenvalue weighted by atomic mass is 10.1. The summed E-state index contributed by atoms with van der Waals surface area (Å²) in [7, 11) is 0. The molecule has 0 bridgehead atoms. The number of amides is 1. The fraction of sp³-hybridized carbons (Fsp3) is 0.250. The summed E-state index contributed by atoms with van der Waals surface area (Å²) in [6, 6.07) is 11.5. The highest BCUT2D eigenvalue weighted by atomic mass is 19.4. The van der Waals surface area contributed by atoms with Gasteiger partial charge in [0, 0.05) is 11.6 Å². The van der Waals surface area contributed by atoms with Crippen molar-refractivity contribution in [3.05, 3.63) is 71.9 Å². The van der Waals surface area contributed by atoms with Crippen molar-refractivity contribution in [1.29, 1.82) is 0 Å². The van der Waals surface area contributed by atoms with Crippen molar-refractivity contribution in [3.63, 3.8) is 0 Å². The summed E-state index contributed by atoms with van der Waals surface area (Å²) in [5, 5.41) is 0. The maximum Gasteiger partial charge on any atom is 0.416 e. The average molecular weight is 375 g/mol. The number of hydrogen-bond acceptors (Lipinski definition) is 3. The third-order valence-electron chi connectivity index (χ3n) is 4.45. The minimum absolute atomic E-state index is 0.0980. The van der Waals surface area contributed by atoms with Gasteiger partial charge in [0.25, 0.3) is 5.91 Å². The number of carbonyl (C=O) groups excluding carboxylic acids is 1. The molecule has 1 fully saturated rings. The van der Waals surface area contributed by atoms with Gasteiger partial charge in [0.05, 0.1) is 18.4 Å². The number of nitrogens with zero attached hydrogens (tertiary/aromatic N) is 1. The molecule has 27 heavy (non-hydrogen) atoms. The molecule has 3 aromatic rings. The Morgan fingerprint density at radius 1 is 1.11 bits per heavy atom. The van der Waals surface area contributed by atoms with Gasteiger partial charge in [-0.05, 0) is 49.2 Å². The molecule has 4 nitrogen and oxygen atoms in total. The highest BCUT2D eigenvalue weighted by Gasteiger charge is 2.35. The fourth-order valence-corrected chi connectivity index (χ4v) is 2.92. The van der Waals surface area contributed by atoms with Crippen molar-refractivity contribution in [3.8, 4) is 11.3 Å². The molecule has 0 unspecified atom stereocenters. The van der Waals surface area contributed by atoms with Crippen molar-refractivity contribution in [2.45, 2.75) is 31.6 Å². The van der Waals surface area contributed by atoms with Crippen LogP contribution in [0.25, 0.3) is 11.3 Å². The summed E-state index contributed by atoms with van der Waals surface area (Å²) in [5.41, 5.74) is -0.491. The Morgan fingerprint density at radius 3 is 2.59 bits per heavy atom. The van der Waals surface area contributed by atoms with Crippen LogP contribution in [0.3, 0.4) is 0 Å². The molecule has 1 aromatic carbocycles. The van der Waals surface area contributed by atoms with Crippen LogP contribution in [0.1, 0.15) is 34.7 Å². The lowest BCUT2D eigenvalue weighted by Crippen LogP contribution is -2.32. The molecular formula is C20H16F3NO3. The van der Waals surface area contributed by atoms with E-state index in [1.807, 2.05) is 0 Å². The second-order valence-corrected chi connectivity index (χ2v) is 6.49. The molecular weight excluding hydrogens is 359 g/mol. The van der Waals surface area contributed by atoms with E-state index in [0.717, 1.165) is 25.0 Å². The Kier molecular flexibility index (Phi) is 4.30. The quantitative estimate of drug-likeness (QED) is 0.603. The highest BCUT2D eigenvalue weighted by molar-refractivity contribution is 5.92. The first kappa shape index (κ1) is 17.5. The number of halogens is 3. The van der Waals surface area contributed by atoms with Gasteiger partial charge in [-0.3, -0.25) is 4.79 Å². The molecule has 2 heterocycles. The summed E-state index contributed by atoms with van der Waals surface area (Å²) in [6.07, 6.45) is -1.07. The second kappa shape index (κ2) is 6.64. The van der Waals surface area contributed by atoms with Crippen molar-refractivity contribution in [2.24, 2.45) is 0 Å². The maximum absolute atomic E-state index is 12.9. The van der Waals surface area contributed by atoms with Gasteiger partial charge in [-0.25, -0.2) is 0 Å². The molecule has 0 spiro atoms. The predicted octanol–water partition coefficient (Wildman–Crippen LogP) is 5.36. The van der Waals surface area contributed by atoms with Crippen LogP contribution in [-0.4, -0.2) is 16.8 Å². The van der Waals surface area contributed by atoms with Gasteiger partial charge in [0.15, 0.2) is 5.76 Å². The Labute approximate surface area is 153 Å². The van der Waals surface area contributed by atoms with E-state index in [1.54, 1.807) is 23.3 Å². The van der Waals surface area contributed by atoms with Crippen LogP contribution in [0.5, 0.6) is 0 Å². The van der Waals surface area contributed by atoms with E-state index in [2.05, 4.69) is 0 Å². The van der Waals surface area contributed by atoms with E-state index in [1.165, 1.54) is 24.3 Å². The van der Waals surface area contributed by atoms with Crippen molar-refractivity contribution >= 4 is 5.91 Å². The second-order valence-electron chi connectivity index (χ2n) is 6.49. The molecule has 1 aliphatic carbocycles. The van der Waals surface area contributed by atoms with Crippen LogP contribution in [0.2, 0.25) is 0 Å². The lowest BCUT2D eigenvalue weighted by molar-refractivity contribution is -0.137. The number of rotatable bonds is 5. The van der Waals surface area contributed by atoms with E-state index < -0.39 is 11.7 Å². The minimum Gasteiger partial charge on any atom is -0.467 e. The topological polar surface area (TPSA) is 46.6 Å². The SMILES string of the molecule is O=C(c1ccc(-c2cccc(C(F)(F)F)c2)o1)N(Cc1ccco1)C1CC1. The van der Waals surface area contributed by atoms with Crippen LogP contribution >= 0.6 is 0 Å². The number of benzene rings is 1. The van der Waals surface area contributed by atoms with Gasteiger partial charge >= 0.3 is 6.18 Å². The summed E-state index contributed by atoms with van der Waals surface area (Å²) >= 11 is 0. The van der Waals surface area contributed by atoms with Crippen LogP contribution in [-0.2, 0) is 12.7 Å². The van der Waals surface area contributed by atoms with Gasteiger partial charge in [-0.15, -0.1) is 0 Å². The van der Waals surface area contributed by atoms with Crippen molar-refractivity contribution < 1.29 is 26.8 Å². The van der Waals surface area contributed by atoms with Crippen LogP contribution < -0.4 is 0 Å². The monoisotopic (exact) mass is 375 g/mol. The van der Waals surface area contributed by atoms with Crippen LogP contribution in [0.4, 0.5) is 13.2 Å². The van der Waals surface area contributed by atoms with Gasteiger partial charge in [-0.1, -0.05) is 12.1 Å². The molecule has 140 valence electrons. The summed E-state index contributed by atoms with van der Waals surface area (Å²) < 4.78 is 49.6. The number of hydrogen-bond donors (Lipinski definition) is 0. The summed E-state index contributed by atoms with van der Waals surface area (Å²) in [4.78, 5) is 14.5. The van der Waals surface area contributed by atoms with Gasteiger partial charge in [-0.2, -0.15) is 13.2 Å². The minimum atomic E-state index is -4.44. The number of alkyl halides is 3. The molecule has 4 rings (SSSR count). The fourth-order valence-electron chi connectivity index (χ4n) is 2.92. The summed E-state index contributed by atoms with van der Waals surface area (Å²) in [6.45, 7) is 0.329. The molecule has 0 saturated heterocycles. The third-order valence-corrected chi connectivity index (χ3v) is 4.45. The zero-order valence-electron chi connectivity index (χ0n) is 14.2. The Bertz CT molecular complexity index is 940. The van der Waals surface area contributed by atoms with Crippen molar-refractivity contribution in [2.75, 3.05) is 0 Å². The zero-order chi connectivity index (χ0) is 19.0. The molecule has 0 radical (unpaired) electrons. The van der Waals surface area contributed by atoms with Gasteiger partial charge in [0.2, 0.25) is 0 Å². The Morgan fingerprint density at radius 2 is 1.93 bits per heavy atom. The van der Waals surface area contributed by atoms with Gasteiger partial charge < -0.3 is 13.7 Å². The molecule has 0 atom stereocenters. The van der Waals surface area contributed by atoms with E-state index in [0.29, 0.717) is 12.3 Å². The van der Waals surface area contributed by atoms with E-state index in [9.17, 15) is 18.0 Å². The number of carbonyl (C=O) groups is 1. The molecule has 1 saturated carbocycles. The molecule has 1 aliphatic rings. The zero-order valence-corrected chi connectivity index (χ0v) is 14.2. The largest absolute Gasteiger partial charge is 0.467 e. The molecule has 2 aromatic heterocycles. The highest BCUT2D eigenvalue weighted by Crippen LogP contribution is 2.34. The van der Waals surface area contributed by atoms with E-state index in [-0.39, 0.29) is 29.0 Å². The van der Waals surface area contributed by atoms with Crippen molar-refractivity contribution in [1.82, 2.24) is 4.90 Å². The van der Waals surface area contributed by atoms with Crippen LogP contribution in [0, 0.1) is 0 Å². The Balaban J connectivity index is 1.57. The molecule has 1 amide bonds. The molecule has 7 heteroatoms. The number of furan rings is 2. The molecule has 0 N–H and O–H groups in total. The van der Waals surface area contributed by atoms with E-state index in [4.69, 9.17) is 8.83 Å². The maximum atomic E-state index is 12.9. The standard InChI is InChI=1S/C20H16F3NO3/c21-20(22,23)14-4-1-3-13(11-14)17-8-9-18(27-17)19(25)24(15-6-7-15)12-16-5-2-10-26-16/h1-5,8-11,15H,6-7,12H2. The average Bonchev–Trinajstić information content (AvgIpc) is 3.15. The third kappa shape index (κ3) is 3.77. The molecule has 0 aliphatic heterocycles. The van der Waals surface area contributed by atoms with Gasteiger partial charge in [0.1, 0.15) is 11.5 Å². The normalized spacial score (nSPS) is 14.3. The summed E-state index contributed by atoms with van der Waals surface area (Å²) in [5.74, 6) is 0.686.